The molecule has 0 saturated heterocycles. The molecule has 0 radical (unpaired) electrons. The summed E-state index contributed by atoms with van der Waals surface area (Å²) in [5, 5.41) is 7.13. The number of nitrogens with zero attached hydrogens (tertiary/aromatic N) is 1. The molecule has 0 aliphatic heterocycles. The second kappa shape index (κ2) is 6.24. The van der Waals surface area contributed by atoms with E-state index in [1.165, 1.54) is 0 Å². The lowest BCUT2D eigenvalue weighted by molar-refractivity contribution is 0.369. The zero-order chi connectivity index (χ0) is 13.7. The van der Waals surface area contributed by atoms with Crippen molar-refractivity contribution in [2.45, 2.75) is 20.0 Å². The van der Waals surface area contributed by atoms with E-state index in [-0.39, 0.29) is 0 Å². The Hall–Kier alpha value is -2.01. The molecule has 0 spiro atoms. The van der Waals surface area contributed by atoms with Crippen LogP contribution in [-0.2, 0) is 13.1 Å². The van der Waals surface area contributed by atoms with Crippen LogP contribution in [0.5, 0.6) is 11.5 Å². The molecule has 102 valence electrons. The normalized spacial score (nSPS) is 10.5. The highest BCUT2D eigenvalue weighted by Crippen LogP contribution is 2.22. The quantitative estimate of drug-likeness (QED) is 0.865. The van der Waals surface area contributed by atoms with Gasteiger partial charge >= 0.3 is 0 Å². The van der Waals surface area contributed by atoms with Crippen molar-refractivity contribution in [3.8, 4) is 11.5 Å². The van der Waals surface area contributed by atoms with Crippen LogP contribution in [0.3, 0.4) is 0 Å². The third-order valence-electron chi connectivity index (χ3n) is 2.72. The summed E-state index contributed by atoms with van der Waals surface area (Å²) in [5.74, 6) is 2.39. The fourth-order valence-electron chi connectivity index (χ4n) is 1.80. The molecule has 19 heavy (non-hydrogen) atoms. The van der Waals surface area contributed by atoms with Crippen LogP contribution < -0.4 is 14.8 Å². The number of aromatic nitrogens is 1. The molecule has 0 atom stereocenters. The molecule has 5 nitrogen and oxygen atoms in total. The van der Waals surface area contributed by atoms with E-state index in [2.05, 4.69) is 10.5 Å². The minimum Gasteiger partial charge on any atom is -0.497 e. The summed E-state index contributed by atoms with van der Waals surface area (Å²) in [5.41, 5.74) is 1.98. The van der Waals surface area contributed by atoms with Crippen LogP contribution >= 0.6 is 0 Å². The Labute approximate surface area is 112 Å². The fourth-order valence-corrected chi connectivity index (χ4v) is 1.80. The van der Waals surface area contributed by atoms with Crippen LogP contribution in [0.4, 0.5) is 0 Å². The largest absolute Gasteiger partial charge is 0.497 e. The van der Waals surface area contributed by atoms with E-state index in [1.54, 1.807) is 14.2 Å². The minimum atomic E-state index is 0.639. The molecule has 0 fully saturated rings. The second-order valence-corrected chi connectivity index (χ2v) is 4.26. The van der Waals surface area contributed by atoms with Gasteiger partial charge in [-0.3, -0.25) is 0 Å². The van der Waals surface area contributed by atoms with Crippen LogP contribution in [-0.4, -0.2) is 19.4 Å². The number of nitrogens with one attached hydrogen (secondary N) is 1. The van der Waals surface area contributed by atoms with Gasteiger partial charge in [-0.05, 0) is 24.6 Å². The number of aryl methyl sites for hydroxylation is 1. The van der Waals surface area contributed by atoms with E-state index >= 15 is 0 Å². The Morgan fingerprint density at radius 1 is 1.05 bits per heavy atom. The first-order chi connectivity index (χ1) is 9.21. The third kappa shape index (κ3) is 3.72. The van der Waals surface area contributed by atoms with Crippen molar-refractivity contribution in [3.63, 3.8) is 0 Å². The van der Waals surface area contributed by atoms with Crippen molar-refractivity contribution in [2.24, 2.45) is 0 Å². The van der Waals surface area contributed by atoms with E-state index in [9.17, 15) is 0 Å². The van der Waals surface area contributed by atoms with Gasteiger partial charge in [0.15, 0.2) is 5.76 Å². The fraction of sp³-hybridized carbons (Fsp3) is 0.357. The summed E-state index contributed by atoms with van der Waals surface area (Å²) in [7, 11) is 3.28. The van der Waals surface area contributed by atoms with Crippen molar-refractivity contribution in [1.29, 1.82) is 0 Å². The number of hydrogen-bond acceptors (Lipinski definition) is 5. The number of hydrogen-bond donors (Lipinski definition) is 1. The van der Waals surface area contributed by atoms with Crippen molar-refractivity contribution in [3.05, 3.63) is 41.3 Å². The molecule has 1 heterocycles. The molecule has 1 N–H and O–H groups in total. The Morgan fingerprint density at radius 3 is 2.26 bits per heavy atom. The Kier molecular flexibility index (Phi) is 4.41. The Balaban J connectivity index is 1.95. The molecule has 1 aromatic carbocycles. The molecule has 2 rings (SSSR count). The first-order valence-corrected chi connectivity index (χ1v) is 6.06. The summed E-state index contributed by atoms with van der Waals surface area (Å²) in [6.45, 7) is 3.24. The van der Waals surface area contributed by atoms with Crippen LogP contribution in [0.2, 0.25) is 0 Å². The maximum Gasteiger partial charge on any atom is 0.150 e. The average Bonchev–Trinajstić information content (AvgIpc) is 2.84. The maximum absolute atomic E-state index is 5.23. The molecular weight excluding hydrogens is 244 g/mol. The van der Waals surface area contributed by atoms with Crippen molar-refractivity contribution in [2.75, 3.05) is 14.2 Å². The standard InChI is InChI=1S/C14H18N2O3/c1-10-4-14(19-16-10)9-15-8-11-5-12(17-2)7-13(6-11)18-3/h4-7,15H,8-9H2,1-3H3. The predicted octanol–water partition coefficient (Wildman–Crippen LogP) is 2.29. The van der Waals surface area contributed by atoms with Crippen LogP contribution in [0, 0.1) is 6.92 Å². The highest BCUT2D eigenvalue weighted by molar-refractivity contribution is 5.38. The molecule has 5 heteroatoms. The summed E-state index contributed by atoms with van der Waals surface area (Å²) < 4.78 is 15.6. The molecular formula is C14H18N2O3. The van der Waals surface area contributed by atoms with Crippen LogP contribution in [0.25, 0.3) is 0 Å². The monoisotopic (exact) mass is 262 g/mol. The van der Waals surface area contributed by atoms with Gasteiger partial charge < -0.3 is 19.3 Å². The van der Waals surface area contributed by atoms with Crippen LogP contribution in [0.15, 0.2) is 28.8 Å². The van der Waals surface area contributed by atoms with Gasteiger partial charge in [-0.1, -0.05) is 5.16 Å². The van der Waals surface area contributed by atoms with Gasteiger partial charge in [0.1, 0.15) is 11.5 Å². The van der Waals surface area contributed by atoms with Gasteiger partial charge in [-0.25, -0.2) is 0 Å². The van der Waals surface area contributed by atoms with Gasteiger partial charge in [-0.15, -0.1) is 0 Å². The number of methoxy groups -OCH3 is 2. The van der Waals surface area contributed by atoms with Gasteiger partial charge in [0.25, 0.3) is 0 Å². The van der Waals surface area contributed by atoms with E-state index < -0.39 is 0 Å². The van der Waals surface area contributed by atoms with E-state index in [0.29, 0.717) is 13.1 Å². The van der Waals surface area contributed by atoms with Crippen molar-refractivity contribution in [1.82, 2.24) is 10.5 Å². The zero-order valence-electron chi connectivity index (χ0n) is 11.4. The predicted molar refractivity (Wildman–Crippen MR) is 71.3 cm³/mol. The molecule has 2 aromatic rings. The molecule has 0 aliphatic carbocycles. The van der Waals surface area contributed by atoms with Crippen molar-refractivity contribution >= 4 is 0 Å². The van der Waals surface area contributed by atoms with Gasteiger partial charge in [0, 0.05) is 18.7 Å². The summed E-state index contributed by atoms with van der Waals surface area (Å²) in [6, 6.07) is 7.71. The van der Waals surface area contributed by atoms with Crippen LogP contribution in [0.1, 0.15) is 17.0 Å². The number of benzene rings is 1. The van der Waals surface area contributed by atoms with Gasteiger partial charge in [0.2, 0.25) is 0 Å². The second-order valence-electron chi connectivity index (χ2n) is 4.26. The molecule has 0 saturated carbocycles. The van der Waals surface area contributed by atoms with Gasteiger partial charge in [-0.2, -0.15) is 0 Å². The van der Waals surface area contributed by atoms with Crippen molar-refractivity contribution < 1.29 is 14.0 Å². The molecule has 1 aromatic heterocycles. The smallest absolute Gasteiger partial charge is 0.150 e. The van der Waals surface area contributed by atoms with E-state index in [1.807, 2.05) is 31.2 Å². The summed E-state index contributed by atoms with van der Waals surface area (Å²) in [6.07, 6.45) is 0. The first-order valence-electron chi connectivity index (χ1n) is 6.06. The lowest BCUT2D eigenvalue weighted by Gasteiger charge is -2.08. The Morgan fingerprint density at radius 2 is 1.74 bits per heavy atom. The average molecular weight is 262 g/mol. The van der Waals surface area contributed by atoms with Gasteiger partial charge in [0.05, 0.1) is 26.5 Å². The SMILES string of the molecule is COc1cc(CNCc2cc(C)no2)cc(OC)c1. The highest BCUT2D eigenvalue weighted by Gasteiger charge is 2.03. The lowest BCUT2D eigenvalue weighted by atomic mass is 10.2. The molecule has 0 aliphatic rings. The third-order valence-corrected chi connectivity index (χ3v) is 2.72. The van der Waals surface area contributed by atoms with E-state index in [0.717, 1.165) is 28.5 Å². The number of ether oxygens (including phenoxy) is 2. The molecule has 0 bridgehead atoms. The first kappa shape index (κ1) is 13.4. The molecule has 0 amide bonds. The summed E-state index contributed by atoms with van der Waals surface area (Å²) >= 11 is 0. The topological polar surface area (TPSA) is 56.5 Å². The zero-order valence-corrected chi connectivity index (χ0v) is 11.4. The Bertz CT molecular complexity index is 515. The summed E-state index contributed by atoms with van der Waals surface area (Å²) in [4.78, 5) is 0. The van der Waals surface area contributed by atoms with E-state index in [4.69, 9.17) is 14.0 Å². The minimum absolute atomic E-state index is 0.639. The highest BCUT2D eigenvalue weighted by atomic mass is 16.5. The lowest BCUT2D eigenvalue weighted by Crippen LogP contribution is -2.12. The number of rotatable bonds is 6. The maximum atomic E-state index is 5.23. The molecule has 0 unspecified atom stereocenters.